The van der Waals surface area contributed by atoms with Crippen LogP contribution in [0.3, 0.4) is 0 Å². The first kappa shape index (κ1) is 20.9. The average Bonchev–Trinajstić information content (AvgIpc) is 3.08. The maximum atomic E-state index is 14.0. The zero-order chi connectivity index (χ0) is 19.8. The second-order valence-corrected chi connectivity index (χ2v) is 6.11. The molecule has 2 N–H and O–H groups in total. The van der Waals surface area contributed by atoms with Gasteiger partial charge in [-0.15, -0.1) is 0 Å². The average molecular weight is 386 g/mol. The van der Waals surface area contributed by atoms with Crippen molar-refractivity contribution in [1.82, 2.24) is 15.5 Å². The van der Waals surface area contributed by atoms with E-state index < -0.39 is 12.4 Å². The van der Waals surface area contributed by atoms with Crippen LogP contribution in [-0.4, -0.2) is 49.1 Å². The molecule has 0 saturated carbocycles. The number of alkyl halides is 2. The number of nitrogens with zero attached hydrogens (tertiary/aromatic N) is 2. The largest absolute Gasteiger partial charge is 0.434 e. The van der Waals surface area contributed by atoms with Crippen molar-refractivity contribution in [3.63, 3.8) is 0 Å². The second kappa shape index (κ2) is 10.0. The van der Waals surface area contributed by atoms with Gasteiger partial charge in [0.15, 0.2) is 5.96 Å². The van der Waals surface area contributed by atoms with Crippen molar-refractivity contribution in [2.24, 2.45) is 4.99 Å². The SMILES string of the molecule is CCNC(=NCc1c(F)cccc1OC(F)F)NC1CCN(C(=O)CC)C1. The summed E-state index contributed by atoms with van der Waals surface area (Å²) < 4.78 is 43.5. The fraction of sp³-hybridized carbons (Fsp3) is 0.556. The zero-order valence-corrected chi connectivity index (χ0v) is 15.5. The van der Waals surface area contributed by atoms with Crippen LogP contribution in [0, 0.1) is 5.82 Å². The van der Waals surface area contributed by atoms with Crippen molar-refractivity contribution >= 4 is 11.9 Å². The van der Waals surface area contributed by atoms with Gasteiger partial charge >= 0.3 is 6.61 Å². The highest BCUT2D eigenvalue weighted by Gasteiger charge is 2.25. The monoisotopic (exact) mass is 386 g/mol. The van der Waals surface area contributed by atoms with Gasteiger partial charge in [-0.3, -0.25) is 4.79 Å². The number of halogens is 3. The Labute approximate surface area is 156 Å². The topological polar surface area (TPSA) is 66.0 Å². The van der Waals surface area contributed by atoms with Gasteiger partial charge in [0.05, 0.1) is 12.1 Å². The summed E-state index contributed by atoms with van der Waals surface area (Å²) in [4.78, 5) is 17.9. The van der Waals surface area contributed by atoms with Gasteiger partial charge in [-0.25, -0.2) is 9.38 Å². The molecule has 0 bridgehead atoms. The first-order valence-electron chi connectivity index (χ1n) is 8.99. The smallest absolute Gasteiger partial charge is 0.387 e. The number of guanidine groups is 1. The van der Waals surface area contributed by atoms with E-state index >= 15 is 0 Å². The molecule has 0 spiro atoms. The minimum atomic E-state index is -3.04. The van der Waals surface area contributed by atoms with Crippen LogP contribution in [0.15, 0.2) is 23.2 Å². The normalized spacial score (nSPS) is 17.3. The lowest BCUT2D eigenvalue weighted by Crippen LogP contribution is -2.45. The van der Waals surface area contributed by atoms with Gasteiger partial charge in [-0.2, -0.15) is 8.78 Å². The Balaban J connectivity index is 2.07. The molecular weight excluding hydrogens is 361 g/mol. The summed E-state index contributed by atoms with van der Waals surface area (Å²) in [5.74, 6) is -0.362. The number of ether oxygens (including phenoxy) is 1. The fourth-order valence-corrected chi connectivity index (χ4v) is 2.90. The van der Waals surface area contributed by atoms with E-state index in [0.29, 0.717) is 32.0 Å². The van der Waals surface area contributed by atoms with Crippen molar-refractivity contribution in [1.29, 1.82) is 0 Å². The predicted octanol–water partition coefficient (Wildman–Crippen LogP) is 2.49. The summed E-state index contributed by atoms with van der Waals surface area (Å²) in [6.45, 7) is 2.32. The van der Waals surface area contributed by atoms with Gasteiger partial charge in [0.1, 0.15) is 11.6 Å². The van der Waals surface area contributed by atoms with Crippen LogP contribution in [-0.2, 0) is 11.3 Å². The Bertz CT molecular complexity index is 670. The van der Waals surface area contributed by atoms with E-state index in [-0.39, 0.29) is 29.8 Å². The summed E-state index contributed by atoms with van der Waals surface area (Å²) in [5.41, 5.74) is -0.0378. The second-order valence-electron chi connectivity index (χ2n) is 6.11. The number of benzene rings is 1. The highest BCUT2D eigenvalue weighted by molar-refractivity contribution is 5.80. The number of likely N-dealkylation sites (tertiary alicyclic amines) is 1. The molecule has 1 aromatic rings. The summed E-state index contributed by atoms with van der Waals surface area (Å²) in [6, 6.07) is 3.79. The number of carbonyl (C=O) groups excluding carboxylic acids is 1. The number of amides is 1. The Morgan fingerprint density at radius 2 is 2.19 bits per heavy atom. The van der Waals surface area contributed by atoms with Crippen molar-refractivity contribution in [3.05, 3.63) is 29.6 Å². The quantitative estimate of drug-likeness (QED) is 0.558. The summed E-state index contributed by atoms with van der Waals surface area (Å²) in [6.07, 6.45) is 1.23. The van der Waals surface area contributed by atoms with E-state index in [4.69, 9.17) is 0 Å². The van der Waals surface area contributed by atoms with Crippen LogP contribution in [0.4, 0.5) is 13.2 Å². The third-order valence-electron chi connectivity index (χ3n) is 4.22. The molecule has 0 aliphatic carbocycles. The van der Waals surface area contributed by atoms with E-state index in [1.165, 1.54) is 18.2 Å². The minimum Gasteiger partial charge on any atom is -0.434 e. The molecule has 1 saturated heterocycles. The molecule has 6 nitrogen and oxygen atoms in total. The van der Waals surface area contributed by atoms with E-state index in [1.807, 2.05) is 13.8 Å². The van der Waals surface area contributed by atoms with Crippen LogP contribution in [0.5, 0.6) is 5.75 Å². The molecule has 1 heterocycles. The third-order valence-corrected chi connectivity index (χ3v) is 4.22. The molecule has 1 atom stereocenters. The van der Waals surface area contributed by atoms with Crippen molar-refractivity contribution in [3.8, 4) is 5.75 Å². The van der Waals surface area contributed by atoms with Crippen molar-refractivity contribution in [2.75, 3.05) is 19.6 Å². The van der Waals surface area contributed by atoms with Crippen molar-refractivity contribution < 1.29 is 22.7 Å². The predicted molar refractivity (Wildman–Crippen MR) is 96.3 cm³/mol. The number of hydrogen-bond acceptors (Lipinski definition) is 3. The number of rotatable bonds is 7. The van der Waals surface area contributed by atoms with Crippen LogP contribution >= 0.6 is 0 Å². The Morgan fingerprint density at radius 3 is 2.85 bits per heavy atom. The van der Waals surface area contributed by atoms with Gasteiger partial charge in [0.25, 0.3) is 0 Å². The minimum absolute atomic E-state index is 0.0238. The molecule has 1 aromatic carbocycles. The molecule has 150 valence electrons. The van der Waals surface area contributed by atoms with Crippen LogP contribution < -0.4 is 15.4 Å². The summed E-state index contributed by atoms with van der Waals surface area (Å²) in [5, 5.41) is 6.25. The molecule has 1 unspecified atom stereocenters. The summed E-state index contributed by atoms with van der Waals surface area (Å²) >= 11 is 0. The van der Waals surface area contributed by atoms with Crippen LogP contribution in [0.1, 0.15) is 32.3 Å². The van der Waals surface area contributed by atoms with Gasteiger partial charge in [-0.05, 0) is 25.5 Å². The molecule has 27 heavy (non-hydrogen) atoms. The highest BCUT2D eigenvalue weighted by atomic mass is 19.3. The standard InChI is InChI=1S/C18H25F3N4O2/c1-3-16(26)25-9-8-12(11-25)24-18(22-4-2)23-10-13-14(19)6-5-7-15(13)27-17(20)21/h5-7,12,17H,3-4,8-11H2,1-2H3,(H2,22,23,24). The van der Waals surface area contributed by atoms with Crippen molar-refractivity contribution in [2.45, 2.75) is 45.9 Å². The van der Waals surface area contributed by atoms with Gasteiger partial charge in [0, 0.05) is 32.1 Å². The molecule has 9 heteroatoms. The maximum absolute atomic E-state index is 14.0. The van der Waals surface area contributed by atoms with Gasteiger partial charge in [-0.1, -0.05) is 13.0 Å². The third kappa shape index (κ3) is 6.04. The first-order chi connectivity index (χ1) is 12.9. The van der Waals surface area contributed by atoms with Crippen LogP contribution in [0.25, 0.3) is 0 Å². The lowest BCUT2D eigenvalue weighted by atomic mass is 10.2. The van der Waals surface area contributed by atoms with Crippen LogP contribution in [0.2, 0.25) is 0 Å². The first-order valence-corrected chi connectivity index (χ1v) is 8.99. The lowest BCUT2D eigenvalue weighted by Gasteiger charge is -2.19. The maximum Gasteiger partial charge on any atom is 0.387 e. The molecule has 1 fully saturated rings. The molecule has 0 radical (unpaired) electrons. The molecule has 2 rings (SSSR count). The Morgan fingerprint density at radius 1 is 1.41 bits per heavy atom. The molecule has 0 aromatic heterocycles. The zero-order valence-electron chi connectivity index (χ0n) is 15.5. The molecule has 1 aliphatic rings. The van der Waals surface area contributed by atoms with Gasteiger partial charge in [0.2, 0.25) is 5.91 Å². The fourth-order valence-electron chi connectivity index (χ4n) is 2.90. The number of aliphatic imine (C=N–C) groups is 1. The number of carbonyl (C=O) groups is 1. The van der Waals surface area contributed by atoms with Gasteiger partial charge < -0.3 is 20.3 Å². The molecule has 1 amide bonds. The number of nitrogens with one attached hydrogen (secondary N) is 2. The molecular formula is C18H25F3N4O2. The van der Waals surface area contributed by atoms with E-state index in [1.54, 1.807) is 4.90 Å². The lowest BCUT2D eigenvalue weighted by molar-refractivity contribution is -0.129. The van der Waals surface area contributed by atoms with E-state index in [9.17, 15) is 18.0 Å². The van der Waals surface area contributed by atoms with E-state index in [2.05, 4.69) is 20.4 Å². The molecule has 1 aliphatic heterocycles. The summed E-state index contributed by atoms with van der Waals surface area (Å²) in [7, 11) is 0. The highest BCUT2D eigenvalue weighted by Crippen LogP contribution is 2.24. The Hall–Kier alpha value is -2.45. The number of hydrogen-bond donors (Lipinski definition) is 2. The van der Waals surface area contributed by atoms with E-state index in [0.717, 1.165) is 6.42 Å². The Kier molecular flexibility index (Phi) is 7.75.